The van der Waals surface area contributed by atoms with Crippen molar-refractivity contribution >= 4 is 17.7 Å². The van der Waals surface area contributed by atoms with Crippen LogP contribution >= 0.6 is 0 Å². The fourth-order valence-electron chi connectivity index (χ4n) is 1.99. The number of aldehydes is 1. The lowest BCUT2D eigenvalue weighted by Gasteiger charge is -2.20. The van der Waals surface area contributed by atoms with E-state index in [9.17, 15) is 4.79 Å². The molecule has 0 amide bonds. The van der Waals surface area contributed by atoms with Gasteiger partial charge in [0.2, 0.25) is 0 Å². The highest BCUT2D eigenvalue weighted by atomic mass is 16.1. The third-order valence-corrected chi connectivity index (χ3v) is 3.16. The van der Waals surface area contributed by atoms with Crippen LogP contribution in [0.3, 0.4) is 0 Å². The fraction of sp³-hybridized carbons (Fsp3) is 0.188. The molecule has 18 heavy (non-hydrogen) atoms. The second-order valence-corrected chi connectivity index (χ2v) is 4.56. The molecule has 2 rings (SSSR count). The van der Waals surface area contributed by atoms with Crippen molar-refractivity contribution in [3.63, 3.8) is 0 Å². The minimum Gasteiger partial charge on any atom is -0.345 e. The van der Waals surface area contributed by atoms with Gasteiger partial charge in [0.25, 0.3) is 0 Å². The smallest absolute Gasteiger partial charge is 0.150 e. The van der Waals surface area contributed by atoms with Gasteiger partial charge in [0, 0.05) is 24.0 Å². The molecule has 0 saturated heterocycles. The Balaban J connectivity index is 2.37. The fourth-order valence-corrected chi connectivity index (χ4v) is 1.99. The highest BCUT2D eigenvalue weighted by Crippen LogP contribution is 2.25. The predicted octanol–water partition coefficient (Wildman–Crippen LogP) is 3.88. The molecule has 0 saturated carbocycles. The number of benzene rings is 2. The van der Waals surface area contributed by atoms with Crippen molar-refractivity contribution in [1.29, 1.82) is 0 Å². The maximum Gasteiger partial charge on any atom is 0.150 e. The number of hydrogen-bond donors (Lipinski definition) is 0. The first kappa shape index (κ1) is 12.4. The molecule has 0 aliphatic heterocycles. The van der Waals surface area contributed by atoms with Gasteiger partial charge in [-0.3, -0.25) is 4.79 Å². The third kappa shape index (κ3) is 2.43. The van der Waals surface area contributed by atoms with Crippen molar-refractivity contribution < 1.29 is 4.79 Å². The van der Waals surface area contributed by atoms with Gasteiger partial charge in [-0.25, -0.2) is 0 Å². The van der Waals surface area contributed by atoms with Crippen LogP contribution in [0.1, 0.15) is 21.5 Å². The molecule has 0 N–H and O–H groups in total. The summed E-state index contributed by atoms with van der Waals surface area (Å²) in [6.07, 6.45) is 0.895. The summed E-state index contributed by atoms with van der Waals surface area (Å²) in [7, 11) is 2.03. The standard InChI is InChI=1S/C16H17NO/c1-12-5-4-6-15(9-12)17(3)16-8-7-14(11-18)13(2)10-16/h4-11H,1-3H3. The van der Waals surface area contributed by atoms with E-state index in [2.05, 4.69) is 30.0 Å². The topological polar surface area (TPSA) is 20.3 Å². The Hall–Kier alpha value is -2.09. The van der Waals surface area contributed by atoms with E-state index in [0.29, 0.717) is 0 Å². The molecular weight excluding hydrogens is 222 g/mol. The first-order valence-corrected chi connectivity index (χ1v) is 5.98. The van der Waals surface area contributed by atoms with Crippen molar-refractivity contribution in [3.05, 3.63) is 59.2 Å². The van der Waals surface area contributed by atoms with E-state index in [0.717, 1.165) is 28.8 Å². The number of carbonyl (C=O) groups is 1. The maximum absolute atomic E-state index is 10.8. The minimum absolute atomic E-state index is 0.747. The lowest BCUT2D eigenvalue weighted by Crippen LogP contribution is -2.09. The van der Waals surface area contributed by atoms with E-state index in [1.54, 1.807) is 0 Å². The summed E-state index contributed by atoms with van der Waals surface area (Å²) in [5.74, 6) is 0. The summed E-state index contributed by atoms with van der Waals surface area (Å²) in [6.45, 7) is 4.04. The van der Waals surface area contributed by atoms with Crippen LogP contribution in [0.5, 0.6) is 0 Å². The van der Waals surface area contributed by atoms with Crippen molar-refractivity contribution in [3.8, 4) is 0 Å². The third-order valence-electron chi connectivity index (χ3n) is 3.16. The molecule has 2 nitrogen and oxygen atoms in total. The molecule has 0 aliphatic carbocycles. The Labute approximate surface area is 108 Å². The van der Waals surface area contributed by atoms with Crippen LogP contribution in [-0.2, 0) is 0 Å². The SMILES string of the molecule is Cc1cccc(N(C)c2ccc(C=O)c(C)c2)c1. The van der Waals surface area contributed by atoms with Gasteiger partial charge in [0.05, 0.1) is 0 Å². The molecular formula is C16H17NO. The molecule has 0 spiro atoms. The summed E-state index contributed by atoms with van der Waals surface area (Å²) in [4.78, 5) is 12.9. The van der Waals surface area contributed by atoms with Crippen molar-refractivity contribution in [2.45, 2.75) is 13.8 Å². The molecule has 92 valence electrons. The van der Waals surface area contributed by atoms with E-state index < -0.39 is 0 Å². The van der Waals surface area contributed by atoms with Crippen LogP contribution < -0.4 is 4.90 Å². The van der Waals surface area contributed by atoms with Crippen LogP contribution in [0.4, 0.5) is 11.4 Å². The van der Waals surface area contributed by atoms with Gasteiger partial charge >= 0.3 is 0 Å². The number of rotatable bonds is 3. The average Bonchev–Trinajstić information content (AvgIpc) is 2.37. The van der Waals surface area contributed by atoms with Gasteiger partial charge in [0.1, 0.15) is 6.29 Å². The Morgan fingerprint density at radius 1 is 1.00 bits per heavy atom. The minimum atomic E-state index is 0.747. The molecule has 0 radical (unpaired) electrons. The predicted molar refractivity (Wildman–Crippen MR) is 75.8 cm³/mol. The summed E-state index contributed by atoms with van der Waals surface area (Å²) in [6, 6.07) is 14.2. The van der Waals surface area contributed by atoms with Crippen molar-refractivity contribution in [2.24, 2.45) is 0 Å². The zero-order valence-corrected chi connectivity index (χ0v) is 11.0. The molecule has 2 aromatic rings. The van der Waals surface area contributed by atoms with E-state index in [1.165, 1.54) is 5.56 Å². The van der Waals surface area contributed by atoms with Gasteiger partial charge < -0.3 is 4.90 Å². The Morgan fingerprint density at radius 2 is 1.72 bits per heavy atom. The lowest BCUT2D eigenvalue weighted by molar-refractivity contribution is 0.112. The van der Waals surface area contributed by atoms with Crippen LogP contribution in [0.2, 0.25) is 0 Å². The average molecular weight is 239 g/mol. The van der Waals surface area contributed by atoms with Gasteiger partial charge in [-0.2, -0.15) is 0 Å². The molecule has 0 heterocycles. The lowest BCUT2D eigenvalue weighted by atomic mass is 10.1. The van der Waals surface area contributed by atoms with Gasteiger partial charge in [-0.15, -0.1) is 0 Å². The summed E-state index contributed by atoms with van der Waals surface area (Å²) < 4.78 is 0. The second-order valence-electron chi connectivity index (χ2n) is 4.56. The first-order valence-electron chi connectivity index (χ1n) is 5.98. The molecule has 0 aliphatic rings. The number of nitrogens with zero attached hydrogens (tertiary/aromatic N) is 1. The van der Waals surface area contributed by atoms with Gasteiger partial charge in [-0.1, -0.05) is 12.1 Å². The number of anilines is 2. The largest absolute Gasteiger partial charge is 0.345 e. The van der Waals surface area contributed by atoms with E-state index in [4.69, 9.17) is 0 Å². The highest BCUT2D eigenvalue weighted by molar-refractivity contribution is 5.79. The summed E-state index contributed by atoms with van der Waals surface area (Å²) >= 11 is 0. The van der Waals surface area contributed by atoms with Gasteiger partial charge in [-0.05, 0) is 55.3 Å². The second kappa shape index (κ2) is 5.05. The molecule has 2 heteroatoms. The number of aryl methyl sites for hydroxylation is 2. The molecule has 0 bridgehead atoms. The van der Waals surface area contributed by atoms with Crippen LogP contribution in [0.15, 0.2) is 42.5 Å². The zero-order valence-electron chi connectivity index (χ0n) is 11.0. The quantitative estimate of drug-likeness (QED) is 0.757. The van der Waals surface area contributed by atoms with Crippen LogP contribution in [0.25, 0.3) is 0 Å². The van der Waals surface area contributed by atoms with E-state index >= 15 is 0 Å². The first-order chi connectivity index (χ1) is 8.61. The van der Waals surface area contributed by atoms with Gasteiger partial charge in [0.15, 0.2) is 0 Å². The Morgan fingerprint density at radius 3 is 2.33 bits per heavy atom. The van der Waals surface area contributed by atoms with Crippen molar-refractivity contribution in [1.82, 2.24) is 0 Å². The Kier molecular flexibility index (Phi) is 3.47. The highest BCUT2D eigenvalue weighted by Gasteiger charge is 2.06. The van der Waals surface area contributed by atoms with E-state index in [1.807, 2.05) is 38.2 Å². The van der Waals surface area contributed by atoms with Crippen molar-refractivity contribution in [2.75, 3.05) is 11.9 Å². The molecule has 0 atom stereocenters. The number of hydrogen-bond acceptors (Lipinski definition) is 2. The van der Waals surface area contributed by atoms with E-state index in [-0.39, 0.29) is 0 Å². The monoisotopic (exact) mass is 239 g/mol. The molecule has 2 aromatic carbocycles. The molecule has 0 fully saturated rings. The summed E-state index contributed by atoms with van der Waals surface area (Å²) in [5.41, 5.74) is 5.22. The number of carbonyl (C=O) groups excluding carboxylic acids is 1. The maximum atomic E-state index is 10.8. The Bertz CT molecular complexity index is 575. The molecule has 0 unspecified atom stereocenters. The van der Waals surface area contributed by atoms with Crippen LogP contribution in [0, 0.1) is 13.8 Å². The van der Waals surface area contributed by atoms with Crippen LogP contribution in [-0.4, -0.2) is 13.3 Å². The zero-order chi connectivity index (χ0) is 13.1. The normalized spacial score (nSPS) is 10.2. The molecule has 0 aromatic heterocycles. The summed E-state index contributed by atoms with van der Waals surface area (Å²) in [5, 5.41) is 0.